The number of imide groups is 1. The van der Waals surface area contributed by atoms with E-state index in [2.05, 4.69) is 5.32 Å². The molecule has 0 spiro atoms. The molecular weight excluding hydrogens is 267 g/mol. The van der Waals surface area contributed by atoms with Crippen LogP contribution in [0.2, 0.25) is 0 Å². The van der Waals surface area contributed by atoms with Crippen molar-refractivity contribution >= 4 is 23.5 Å². The van der Waals surface area contributed by atoms with Crippen molar-refractivity contribution in [3.05, 3.63) is 41.4 Å². The predicted octanol–water partition coefficient (Wildman–Crippen LogP) is 1.21. The summed E-state index contributed by atoms with van der Waals surface area (Å²) in [6.07, 6.45) is 1.24. The second kappa shape index (κ2) is 5.12. The van der Waals surface area contributed by atoms with Gasteiger partial charge in [-0.3, -0.25) is 14.5 Å². The molecule has 0 fully saturated rings. The number of carbonyl (C=O) groups is 3. The molecule has 0 radical (unpaired) electrons. The normalized spacial score (nSPS) is 14.2. The van der Waals surface area contributed by atoms with Gasteiger partial charge in [0.05, 0.1) is 12.1 Å². The van der Waals surface area contributed by atoms with Crippen LogP contribution in [0.1, 0.15) is 17.3 Å². The Hall–Kier alpha value is -2.70. The molecule has 2 N–H and O–H groups in total. The molecule has 0 aromatic heterocycles. The number of carbonyl (C=O) groups excluding carboxylic acids is 2. The molecule has 20 heavy (non-hydrogen) atoms. The molecule has 104 valence electrons. The third-order valence-corrected chi connectivity index (χ3v) is 2.77. The number of nitrogens with one attached hydrogen (secondary N) is 1. The first-order chi connectivity index (χ1) is 9.38. The van der Waals surface area contributed by atoms with Crippen molar-refractivity contribution in [2.24, 2.45) is 0 Å². The van der Waals surface area contributed by atoms with Gasteiger partial charge in [0.15, 0.2) is 0 Å². The Labute approximate surface area is 113 Å². The monoisotopic (exact) mass is 278 g/mol. The largest absolute Gasteiger partial charge is 0.478 e. The van der Waals surface area contributed by atoms with E-state index < -0.39 is 23.3 Å². The molecule has 2 amide bonds. The molecule has 2 rings (SSSR count). The van der Waals surface area contributed by atoms with Crippen molar-refractivity contribution in [3.63, 3.8) is 0 Å². The van der Waals surface area contributed by atoms with Crippen LogP contribution in [0.5, 0.6) is 0 Å². The summed E-state index contributed by atoms with van der Waals surface area (Å²) in [6, 6.07) is 3.49. The molecule has 0 saturated carbocycles. The van der Waals surface area contributed by atoms with Crippen molar-refractivity contribution < 1.29 is 23.9 Å². The molecule has 7 heteroatoms. The van der Waals surface area contributed by atoms with E-state index in [1.54, 1.807) is 0 Å². The maximum atomic E-state index is 13.2. The maximum Gasteiger partial charge on any atom is 0.338 e. The summed E-state index contributed by atoms with van der Waals surface area (Å²) < 4.78 is 13.2. The Morgan fingerprint density at radius 1 is 1.40 bits per heavy atom. The number of nitrogens with zero attached hydrogens (tertiary/aromatic N) is 1. The van der Waals surface area contributed by atoms with Gasteiger partial charge in [-0.05, 0) is 18.2 Å². The molecule has 0 unspecified atom stereocenters. The summed E-state index contributed by atoms with van der Waals surface area (Å²) in [5, 5.41) is 11.6. The van der Waals surface area contributed by atoms with Crippen LogP contribution in [0, 0.1) is 5.82 Å². The van der Waals surface area contributed by atoms with Gasteiger partial charge in [0.2, 0.25) is 5.91 Å². The second-order valence-corrected chi connectivity index (χ2v) is 4.24. The minimum absolute atomic E-state index is 0.0773. The van der Waals surface area contributed by atoms with Crippen molar-refractivity contribution in [2.75, 3.05) is 11.9 Å². The van der Waals surface area contributed by atoms with Gasteiger partial charge in [-0.1, -0.05) is 0 Å². The number of amides is 2. The molecule has 0 atom stereocenters. The quantitative estimate of drug-likeness (QED) is 0.867. The number of benzene rings is 1. The van der Waals surface area contributed by atoms with Crippen molar-refractivity contribution in [1.29, 1.82) is 0 Å². The van der Waals surface area contributed by atoms with Crippen LogP contribution in [0.25, 0.3) is 0 Å². The highest BCUT2D eigenvalue weighted by Gasteiger charge is 2.24. The summed E-state index contributed by atoms with van der Waals surface area (Å²) in [4.78, 5) is 34.5. The van der Waals surface area contributed by atoms with E-state index in [1.807, 2.05) is 0 Å². The fourth-order valence-electron chi connectivity index (χ4n) is 1.82. The smallest absolute Gasteiger partial charge is 0.338 e. The molecule has 1 aromatic carbocycles. The molecule has 1 aliphatic heterocycles. The van der Waals surface area contributed by atoms with Gasteiger partial charge in [-0.25, -0.2) is 9.18 Å². The lowest BCUT2D eigenvalue weighted by Gasteiger charge is -2.13. The molecule has 1 aromatic rings. The Balaban J connectivity index is 2.18. The summed E-state index contributed by atoms with van der Waals surface area (Å²) in [5.41, 5.74) is 0.296. The van der Waals surface area contributed by atoms with E-state index in [-0.39, 0.29) is 12.5 Å². The zero-order chi connectivity index (χ0) is 14.9. The summed E-state index contributed by atoms with van der Waals surface area (Å²) in [5.74, 6) is -3.05. The van der Waals surface area contributed by atoms with E-state index >= 15 is 0 Å². The summed E-state index contributed by atoms with van der Waals surface area (Å²) >= 11 is 0. The first-order valence-electron chi connectivity index (χ1n) is 5.71. The van der Waals surface area contributed by atoms with Gasteiger partial charge in [-0.2, -0.15) is 0 Å². The number of anilines is 1. The SMILES string of the molecule is CC(=O)N1CC(Nc2ccc(F)c(C(=O)O)c2)=CC1=O. The summed E-state index contributed by atoms with van der Waals surface area (Å²) in [6.45, 7) is 1.35. The van der Waals surface area contributed by atoms with E-state index in [9.17, 15) is 18.8 Å². The van der Waals surface area contributed by atoms with E-state index in [1.165, 1.54) is 19.1 Å². The van der Waals surface area contributed by atoms with Crippen LogP contribution in [0.3, 0.4) is 0 Å². The number of carboxylic acids is 1. The Morgan fingerprint density at radius 2 is 2.10 bits per heavy atom. The highest BCUT2D eigenvalue weighted by Crippen LogP contribution is 2.19. The van der Waals surface area contributed by atoms with E-state index in [4.69, 9.17) is 5.11 Å². The van der Waals surface area contributed by atoms with Gasteiger partial charge >= 0.3 is 5.97 Å². The molecule has 6 nitrogen and oxygen atoms in total. The van der Waals surface area contributed by atoms with Gasteiger partial charge in [-0.15, -0.1) is 0 Å². The fourth-order valence-corrected chi connectivity index (χ4v) is 1.82. The number of hydrogen-bond acceptors (Lipinski definition) is 4. The minimum Gasteiger partial charge on any atom is -0.478 e. The molecular formula is C13H11FN2O4. The van der Waals surface area contributed by atoms with Crippen LogP contribution in [-0.2, 0) is 9.59 Å². The number of rotatable bonds is 3. The van der Waals surface area contributed by atoms with Crippen LogP contribution < -0.4 is 5.32 Å². The summed E-state index contributed by atoms with van der Waals surface area (Å²) in [7, 11) is 0. The average molecular weight is 278 g/mol. The Bertz CT molecular complexity index is 639. The van der Waals surface area contributed by atoms with Gasteiger partial charge < -0.3 is 10.4 Å². The molecule has 1 aliphatic rings. The Morgan fingerprint density at radius 3 is 2.65 bits per heavy atom. The maximum absolute atomic E-state index is 13.2. The second-order valence-electron chi connectivity index (χ2n) is 4.24. The fraction of sp³-hybridized carbons (Fsp3) is 0.154. The number of aromatic carboxylic acids is 1. The average Bonchev–Trinajstić information content (AvgIpc) is 2.72. The highest BCUT2D eigenvalue weighted by atomic mass is 19.1. The highest BCUT2D eigenvalue weighted by molar-refractivity contribution is 6.03. The van der Waals surface area contributed by atoms with Crippen LogP contribution >= 0.6 is 0 Å². The lowest BCUT2D eigenvalue weighted by Crippen LogP contribution is -2.31. The number of halogens is 1. The van der Waals surface area contributed by atoms with Crippen LogP contribution in [0.15, 0.2) is 30.0 Å². The molecule has 0 aliphatic carbocycles. The van der Waals surface area contributed by atoms with Gasteiger partial charge in [0.25, 0.3) is 5.91 Å². The third-order valence-electron chi connectivity index (χ3n) is 2.77. The Kier molecular flexibility index (Phi) is 3.51. The standard InChI is InChI=1S/C13H11FN2O4/c1-7(17)16-6-9(5-12(16)18)15-8-2-3-11(14)10(4-8)13(19)20/h2-5,15H,6H2,1H3,(H,19,20). The van der Waals surface area contributed by atoms with E-state index in [0.717, 1.165) is 17.0 Å². The van der Waals surface area contributed by atoms with Crippen molar-refractivity contribution in [2.45, 2.75) is 6.92 Å². The van der Waals surface area contributed by atoms with Crippen LogP contribution in [0.4, 0.5) is 10.1 Å². The first-order valence-corrected chi connectivity index (χ1v) is 5.71. The number of carboxylic acid groups (broad SMARTS) is 1. The zero-order valence-corrected chi connectivity index (χ0v) is 10.5. The lowest BCUT2D eigenvalue weighted by molar-refractivity contribution is -0.138. The molecule has 1 heterocycles. The van der Waals surface area contributed by atoms with Gasteiger partial charge in [0.1, 0.15) is 5.82 Å². The minimum atomic E-state index is -1.38. The predicted molar refractivity (Wildman–Crippen MR) is 67.5 cm³/mol. The zero-order valence-electron chi connectivity index (χ0n) is 10.5. The molecule has 0 saturated heterocycles. The topological polar surface area (TPSA) is 86.7 Å². The van der Waals surface area contributed by atoms with Crippen molar-refractivity contribution in [1.82, 2.24) is 4.90 Å². The molecule has 0 bridgehead atoms. The van der Waals surface area contributed by atoms with Crippen molar-refractivity contribution in [3.8, 4) is 0 Å². The third kappa shape index (κ3) is 2.66. The first kappa shape index (κ1) is 13.7. The lowest BCUT2D eigenvalue weighted by atomic mass is 10.2. The van der Waals surface area contributed by atoms with Crippen LogP contribution in [-0.4, -0.2) is 34.3 Å². The van der Waals surface area contributed by atoms with Gasteiger partial charge in [0, 0.05) is 24.4 Å². The van der Waals surface area contributed by atoms with E-state index in [0.29, 0.717) is 11.4 Å². The number of hydrogen-bond donors (Lipinski definition) is 2.